The molecule has 1 aromatic carbocycles. The predicted molar refractivity (Wildman–Crippen MR) is 87.1 cm³/mol. The number of nitrogen functional groups attached to an aromatic ring is 1. The SMILES string of the molecule is CCSc1nc(N)c(C(=O)Nc2c(C)cccc2Cl)s1. The summed E-state index contributed by atoms with van der Waals surface area (Å²) in [5.74, 6) is 0.866. The van der Waals surface area contributed by atoms with Crippen LogP contribution in [0.1, 0.15) is 22.2 Å². The van der Waals surface area contributed by atoms with E-state index >= 15 is 0 Å². The molecule has 3 N–H and O–H groups in total. The second-order valence-corrected chi connectivity index (χ2v) is 6.93. The highest BCUT2D eigenvalue weighted by Gasteiger charge is 2.18. The van der Waals surface area contributed by atoms with Gasteiger partial charge in [0.1, 0.15) is 10.7 Å². The number of nitrogens with two attached hydrogens (primary N) is 1. The van der Waals surface area contributed by atoms with E-state index in [1.807, 2.05) is 26.0 Å². The Bertz CT molecular complexity index is 622. The molecule has 106 valence electrons. The first-order valence-electron chi connectivity index (χ1n) is 5.98. The van der Waals surface area contributed by atoms with Gasteiger partial charge in [0, 0.05) is 0 Å². The van der Waals surface area contributed by atoms with Gasteiger partial charge in [-0.3, -0.25) is 4.79 Å². The lowest BCUT2D eigenvalue weighted by molar-refractivity contribution is 0.103. The molecular formula is C13H14ClN3OS2. The number of hydrogen-bond acceptors (Lipinski definition) is 5. The molecule has 2 rings (SSSR count). The number of thiazole rings is 1. The molecule has 1 amide bonds. The first-order chi connectivity index (χ1) is 9.52. The quantitative estimate of drug-likeness (QED) is 0.831. The van der Waals surface area contributed by atoms with Gasteiger partial charge in [0.15, 0.2) is 4.34 Å². The molecule has 0 aliphatic carbocycles. The number of aromatic nitrogens is 1. The van der Waals surface area contributed by atoms with Gasteiger partial charge in [0.25, 0.3) is 5.91 Å². The van der Waals surface area contributed by atoms with Crippen LogP contribution < -0.4 is 11.1 Å². The van der Waals surface area contributed by atoms with Crippen LogP contribution in [0.4, 0.5) is 11.5 Å². The third kappa shape index (κ3) is 3.26. The molecule has 7 heteroatoms. The van der Waals surface area contributed by atoms with Gasteiger partial charge >= 0.3 is 0 Å². The summed E-state index contributed by atoms with van der Waals surface area (Å²) < 4.78 is 0.797. The average Bonchev–Trinajstić information content (AvgIpc) is 2.75. The van der Waals surface area contributed by atoms with Crippen LogP contribution in [0.5, 0.6) is 0 Å². The number of hydrogen-bond donors (Lipinski definition) is 2. The highest BCUT2D eigenvalue weighted by Crippen LogP contribution is 2.31. The molecule has 0 aliphatic rings. The van der Waals surface area contributed by atoms with Crippen LogP contribution >= 0.6 is 34.7 Å². The zero-order valence-electron chi connectivity index (χ0n) is 11.1. The number of carbonyl (C=O) groups excluding carboxylic acids is 1. The lowest BCUT2D eigenvalue weighted by Gasteiger charge is -2.09. The van der Waals surface area contributed by atoms with E-state index in [0.29, 0.717) is 15.6 Å². The molecule has 0 radical (unpaired) electrons. The smallest absolute Gasteiger partial charge is 0.269 e. The van der Waals surface area contributed by atoms with E-state index in [4.69, 9.17) is 17.3 Å². The van der Waals surface area contributed by atoms with Gasteiger partial charge in [0.2, 0.25) is 0 Å². The van der Waals surface area contributed by atoms with Crippen molar-refractivity contribution in [2.45, 2.75) is 18.2 Å². The van der Waals surface area contributed by atoms with Crippen LogP contribution in [-0.4, -0.2) is 16.6 Å². The van der Waals surface area contributed by atoms with Crippen LogP contribution in [0, 0.1) is 6.92 Å². The Morgan fingerprint density at radius 1 is 1.55 bits per heavy atom. The van der Waals surface area contributed by atoms with Crippen molar-refractivity contribution in [3.8, 4) is 0 Å². The fourth-order valence-corrected chi connectivity index (χ4v) is 3.75. The molecule has 1 aromatic heterocycles. The van der Waals surface area contributed by atoms with Crippen molar-refractivity contribution in [1.82, 2.24) is 4.98 Å². The third-order valence-electron chi connectivity index (χ3n) is 2.57. The van der Waals surface area contributed by atoms with Crippen LogP contribution in [0.3, 0.4) is 0 Å². The van der Waals surface area contributed by atoms with Crippen molar-refractivity contribution in [2.24, 2.45) is 0 Å². The number of amides is 1. The summed E-state index contributed by atoms with van der Waals surface area (Å²) >= 11 is 8.95. The molecule has 0 saturated carbocycles. The zero-order valence-corrected chi connectivity index (χ0v) is 13.5. The van der Waals surface area contributed by atoms with Crippen LogP contribution in [0.25, 0.3) is 0 Å². The molecule has 20 heavy (non-hydrogen) atoms. The number of benzene rings is 1. The van der Waals surface area contributed by atoms with E-state index in [2.05, 4.69) is 10.3 Å². The minimum absolute atomic E-state index is 0.258. The summed E-state index contributed by atoms with van der Waals surface area (Å²) in [7, 11) is 0. The van der Waals surface area contributed by atoms with Gasteiger partial charge in [-0.05, 0) is 24.3 Å². The van der Waals surface area contributed by atoms with Gasteiger partial charge in [-0.1, -0.05) is 42.4 Å². The number of aryl methyl sites for hydroxylation is 1. The van der Waals surface area contributed by atoms with E-state index in [9.17, 15) is 4.79 Å². The lowest BCUT2D eigenvalue weighted by atomic mass is 10.2. The summed E-state index contributed by atoms with van der Waals surface area (Å²) in [5, 5.41) is 3.31. The standard InChI is InChI=1S/C13H14ClN3OS2/c1-3-19-13-17-11(15)10(20-13)12(18)16-9-7(2)5-4-6-8(9)14/h4-6H,3,15H2,1-2H3,(H,16,18). The first-order valence-corrected chi connectivity index (χ1v) is 8.16. The monoisotopic (exact) mass is 327 g/mol. The fourth-order valence-electron chi connectivity index (χ4n) is 1.62. The number of rotatable bonds is 4. The van der Waals surface area contributed by atoms with Gasteiger partial charge in [-0.25, -0.2) is 4.98 Å². The lowest BCUT2D eigenvalue weighted by Crippen LogP contribution is -2.13. The Hall–Kier alpha value is -1.24. The molecule has 4 nitrogen and oxygen atoms in total. The van der Waals surface area contributed by atoms with E-state index < -0.39 is 0 Å². The zero-order chi connectivity index (χ0) is 14.7. The summed E-state index contributed by atoms with van der Waals surface area (Å²) in [6.45, 7) is 3.91. The van der Waals surface area contributed by atoms with Crippen LogP contribution in [0.2, 0.25) is 5.02 Å². The Balaban J connectivity index is 2.24. The molecule has 0 spiro atoms. The number of para-hydroxylation sites is 1. The molecule has 0 atom stereocenters. The first kappa shape index (κ1) is 15.2. The summed E-state index contributed by atoms with van der Waals surface area (Å²) in [6.07, 6.45) is 0. The number of nitrogens with zero attached hydrogens (tertiary/aromatic N) is 1. The molecule has 0 bridgehead atoms. The second kappa shape index (κ2) is 6.47. The van der Waals surface area contributed by atoms with Gasteiger partial charge in [-0.15, -0.1) is 11.3 Å². The van der Waals surface area contributed by atoms with Crippen molar-refractivity contribution in [1.29, 1.82) is 0 Å². The third-order valence-corrected chi connectivity index (χ3v) is 4.98. The minimum Gasteiger partial charge on any atom is -0.382 e. The summed E-state index contributed by atoms with van der Waals surface area (Å²) in [5.41, 5.74) is 7.30. The van der Waals surface area contributed by atoms with Crippen molar-refractivity contribution in [2.75, 3.05) is 16.8 Å². The normalized spacial score (nSPS) is 10.6. The van der Waals surface area contributed by atoms with Crippen LogP contribution in [0.15, 0.2) is 22.5 Å². The van der Waals surface area contributed by atoms with Gasteiger partial charge < -0.3 is 11.1 Å². The molecule has 0 saturated heterocycles. The topological polar surface area (TPSA) is 68.0 Å². The molecular weight excluding hydrogens is 314 g/mol. The maximum absolute atomic E-state index is 12.3. The molecule has 0 fully saturated rings. The average molecular weight is 328 g/mol. The molecule has 0 unspecified atom stereocenters. The highest BCUT2D eigenvalue weighted by molar-refractivity contribution is 8.01. The number of anilines is 2. The Morgan fingerprint density at radius 2 is 2.30 bits per heavy atom. The van der Waals surface area contributed by atoms with Gasteiger partial charge in [0.05, 0.1) is 10.7 Å². The summed E-state index contributed by atoms with van der Waals surface area (Å²) in [6, 6.07) is 5.46. The van der Waals surface area contributed by atoms with Crippen molar-refractivity contribution in [3.63, 3.8) is 0 Å². The Labute approximate surface area is 130 Å². The van der Waals surface area contributed by atoms with E-state index in [1.54, 1.807) is 17.8 Å². The number of halogens is 1. The number of nitrogens with one attached hydrogen (secondary N) is 1. The fraction of sp³-hybridized carbons (Fsp3) is 0.231. The van der Waals surface area contributed by atoms with E-state index in [1.165, 1.54) is 11.3 Å². The van der Waals surface area contributed by atoms with Crippen LogP contribution in [-0.2, 0) is 0 Å². The minimum atomic E-state index is -0.279. The number of thioether (sulfide) groups is 1. The molecule has 2 aromatic rings. The van der Waals surface area contributed by atoms with Crippen molar-refractivity contribution >= 4 is 52.1 Å². The molecule has 1 heterocycles. The van der Waals surface area contributed by atoms with Crippen molar-refractivity contribution in [3.05, 3.63) is 33.7 Å². The summed E-state index contributed by atoms with van der Waals surface area (Å²) in [4.78, 5) is 16.9. The van der Waals surface area contributed by atoms with E-state index in [0.717, 1.165) is 15.7 Å². The van der Waals surface area contributed by atoms with Gasteiger partial charge in [-0.2, -0.15) is 0 Å². The molecule has 0 aliphatic heterocycles. The van der Waals surface area contributed by atoms with E-state index in [-0.39, 0.29) is 11.7 Å². The highest BCUT2D eigenvalue weighted by atomic mass is 35.5. The Morgan fingerprint density at radius 3 is 2.95 bits per heavy atom. The Kier molecular flexibility index (Phi) is 4.91. The van der Waals surface area contributed by atoms with Crippen molar-refractivity contribution < 1.29 is 4.79 Å². The predicted octanol–water partition coefficient (Wildman–Crippen LogP) is 4.05. The largest absolute Gasteiger partial charge is 0.382 e. The second-order valence-electron chi connectivity index (χ2n) is 4.01. The number of carbonyl (C=O) groups is 1. The maximum atomic E-state index is 12.3. The maximum Gasteiger partial charge on any atom is 0.269 e.